The Balaban J connectivity index is 1.62. The third-order valence-corrected chi connectivity index (χ3v) is 3.79. The molecular formula is C18H20N4O. The van der Waals surface area contributed by atoms with Gasteiger partial charge in [-0.15, -0.1) is 0 Å². The smallest absolute Gasteiger partial charge is 0.251 e. The van der Waals surface area contributed by atoms with Gasteiger partial charge in [0.1, 0.15) is 0 Å². The predicted octanol–water partition coefficient (Wildman–Crippen LogP) is 2.53. The molecule has 0 aliphatic heterocycles. The summed E-state index contributed by atoms with van der Waals surface area (Å²) in [5.41, 5.74) is 3.74. The Kier molecular flexibility index (Phi) is 4.28. The van der Waals surface area contributed by atoms with Gasteiger partial charge in [0.25, 0.3) is 5.91 Å². The van der Waals surface area contributed by atoms with Gasteiger partial charge in [-0.3, -0.25) is 4.79 Å². The highest BCUT2D eigenvalue weighted by molar-refractivity contribution is 5.95. The van der Waals surface area contributed by atoms with E-state index in [4.69, 9.17) is 0 Å². The Labute approximate surface area is 135 Å². The first-order valence-electron chi connectivity index (χ1n) is 7.60. The molecule has 23 heavy (non-hydrogen) atoms. The molecule has 0 aliphatic rings. The summed E-state index contributed by atoms with van der Waals surface area (Å²) in [5.74, 6) is -0.0573. The van der Waals surface area contributed by atoms with E-state index in [0.29, 0.717) is 18.7 Å². The van der Waals surface area contributed by atoms with Crippen LogP contribution in [0.15, 0.2) is 54.9 Å². The van der Waals surface area contributed by atoms with E-state index in [-0.39, 0.29) is 5.91 Å². The molecule has 5 heteroatoms. The summed E-state index contributed by atoms with van der Waals surface area (Å²) in [6, 6.07) is 15.6. The van der Waals surface area contributed by atoms with Crippen molar-refractivity contribution in [3.63, 3.8) is 0 Å². The Morgan fingerprint density at radius 3 is 2.83 bits per heavy atom. The van der Waals surface area contributed by atoms with Crippen molar-refractivity contribution in [1.29, 1.82) is 0 Å². The molecule has 0 unspecified atom stereocenters. The van der Waals surface area contributed by atoms with E-state index in [2.05, 4.69) is 10.3 Å². The van der Waals surface area contributed by atoms with E-state index in [1.807, 2.05) is 78.4 Å². The molecule has 0 atom stereocenters. The fraction of sp³-hybridized carbons (Fsp3) is 0.222. The largest absolute Gasteiger partial charge is 0.378 e. The maximum atomic E-state index is 12.3. The number of benzene rings is 2. The van der Waals surface area contributed by atoms with Crippen LogP contribution in [0.5, 0.6) is 0 Å². The molecule has 0 aliphatic carbocycles. The predicted molar refractivity (Wildman–Crippen MR) is 92.8 cm³/mol. The first-order chi connectivity index (χ1) is 11.1. The maximum absolute atomic E-state index is 12.3. The molecule has 0 fully saturated rings. The number of anilines is 1. The van der Waals surface area contributed by atoms with Gasteiger partial charge in [-0.25, -0.2) is 4.98 Å². The van der Waals surface area contributed by atoms with E-state index in [1.165, 1.54) is 0 Å². The molecule has 5 nitrogen and oxygen atoms in total. The molecule has 3 aromatic rings. The van der Waals surface area contributed by atoms with Crippen molar-refractivity contribution in [2.24, 2.45) is 0 Å². The number of aromatic nitrogens is 2. The molecular weight excluding hydrogens is 288 g/mol. The second-order valence-electron chi connectivity index (χ2n) is 5.63. The number of rotatable bonds is 5. The van der Waals surface area contributed by atoms with E-state index in [9.17, 15) is 4.79 Å². The number of imidazole rings is 1. The van der Waals surface area contributed by atoms with Crippen LogP contribution in [-0.4, -0.2) is 36.1 Å². The molecule has 2 aromatic carbocycles. The lowest BCUT2D eigenvalue weighted by Crippen LogP contribution is -2.27. The van der Waals surface area contributed by atoms with Gasteiger partial charge in [-0.05, 0) is 30.3 Å². The van der Waals surface area contributed by atoms with Gasteiger partial charge in [0.05, 0.1) is 17.4 Å². The van der Waals surface area contributed by atoms with Gasteiger partial charge in [0, 0.05) is 38.4 Å². The normalized spacial score (nSPS) is 10.7. The summed E-state index contributed by atoms with van der Waals surface area (Å²) in [5, 5.41) is 2.96. The lowest BCUT2D eigenvalue weighted by molar-refractivity contribution is 0.0952. The first kappa shape index (κ1) is 15.1. The minimum atomic E-state index is -0.0573. The van der Waals surface area contributed by atoms with Gasteiger partial charge >= 0.3 is 0 Å². The van der Waals surface area contributed by atoms with Gasteiger partial charge in [-0.2, -0.15) is 0 Å². The third kappa shape index (κ3) is 3.34. The SMILES string of the molecule is CN(C)c1cccc(C(=O)NCCn2cnc3ccccc32)c1. The van der Waals surface area contributed by atoms with Crippen molar-refractivity contribution in [3.8, 4) is 0 Å². The zero-order valence-electron chi connectivity index (χ0n) is 13.4. The molecule has 3 rings (SSSR count). The monoisotopic (exact) mass is 308 g/mol. The van der Waals surface area contributed by atoms with Crippen LogP contribution < -0.4 is 10.2 Å². The molecule has 118 valence electrons. The van der Waals surface area contributed by atoms with Crippen molar-refractivity contribution < 1.29 is 4.79 Å². The molecule has 1 amide bonds. The molecule has 0 radical (unpaired) electrons. The standard InChI is InChI=1S/C18H20N4O/c1-21(2)15-7-5-6-14(12-15)18(23)19-10-11-22-13-20-16-8-3-4-9-17(16)22/h3-9,12-13H,10-11H2,1-2H3,(H,19,23). The number of fused-ring (bicyclic) bond motifs is 1. The lowest BCUT2D eigenvalue weighted by Gasteiger charge is -2.13. The van der Waals surface area contributed by atoms with Crippen LogP contribution in [0.1, 0.15) is 10.4 Å². The van der Waals surface area contributed by atoms with E-state index >= 15 is 0 Å². The van der Waals surface area contributed by atoms with Crippen LogP contribution >= 0.6 is 0 Å². The minimum Gasteiger partial charge on any atom is -0.378 e. The van der Waals surface area contributed by atoms with Crippen molar-refractivity contribution in [3.05, 3.63) is 60.4 Å². The number of hydrogen-bond acceptors (Lipinski definition) is 3. The highest BCUT2D eigenvalue weighted by atomic mass is 16.1. The highest BCUT2D eigenvalue weighted by Crippen LogP contribution is 2.13. The Hall–Kier alpha value is -2.82. The van der Waals surface area contributed by atoms with Crippen LogP contribution in [0.25, 0.3) is 11.0 Å². The van der Waals surface area contributed by atoms with Crippen LogP contribution in [0.2, 0.25) is 0 Å². The molecule has 0 saturated heterocycles. The van der Waals surface area contributed by atoms with Crippen molar-refractivity contribution in [2.75, 3.05) is 25.5 Å². The second kappa shape index (κ2) is 6.52. The van der Waals surface area contributed by atoms with Crippen LogP contribution in [0.3, 0.4) is 0 Å². The summed E-state index contributed by atoms with van der Waals surface area (Å²) < 4.78 is 2.05. The Bertz CT molecular complexity index is 823. The van der Waals surface area contributed by atoms with Gasteiger partial charge in [0.2, 0.25) is 0 Å². The van der Waals surface area contributed by atoms with Crippen LogP contribution in [0.4, 0.5) is 5.69 Å². The van der Waals surface area contributed by atoms with Crippen molar-refractivity contribution in [2.45, 2.75) is 6.54 Å². The quantitative estimate of drug-likeness (QED) is 0.788. The third-order valence-electron chi connectivity index (χ3n) is 3.79. The topological polar surface area (TPSA) is 50.2 Å². The number of amides is 1. The number of carbonyl (C=O) groups is 1. The molecule has 0 bridgehead atoms. The second-order valence-corrected chi connectivity index (χ2v) is 5.63. The molecule has 1 aromatic heterocycles. The van der Waals surface area contributed by atoms with E-state index in [1.54, 1.807) is 0 Å². The zero-order valence-corrected chi connectivity index (χ0v) is 13.4. The van der Waals surface area contributed by atoms with Gasteiger partial charge in [0.15, 0.2) is 0 Å². The van der Waals surface area contributed by atoms with Gasteiger partial charge in [-0.1, -0.05) is 18.2 Å². The van der Waals surface area contributed by atoms with Crippen molar-refractivity contribution in [1.82, 2.24) is 14.9 Å². The molecule has 1 N–H and O–H groups in total. The number of nitrogens with zero attached hydrogens (tertiary/aromatic N) is 3. The number of hydrogen-bond donors (Lipinski definition) is 1. The maximum Gasteiger partial charge on any atom is 0.251 e. The Morgan fingerprint density at radius 2 is 2.00 bits per heavy atom. The average molecular weight is 308 g/mol. The fourth-order valence-electron chi connectivity index (χ4n) is 2.51. The van der Waals surface area contributed by atoms with Gasteiger partial charge < -0.3 is 14.8 Å². The minimum absolute atomic E-state index is 0.0573. The van der Waals surface area contributed by atoms with Crippen molar-refractivity contribution >= 4 is 22.6 Å². The summed E-state index contributed by atoms with van der Waals surface area (Å²) in [6.45, 7) is 1.25. The molecule has 0 spiro atoms. The highest BCUT2D eigenvalue weighted by Gasteiger charge is 2.07. The fourth-order valence-corrected chi connectivity index (χ4v) is 2.51. The lowest BCUT2D eigenvalue weighted by atomic mass is 10.2. The number of nitrogens with one attached hydrogen (secondary N) is 1. The summed E-state index contributed by atoms with van der Waals surface area (Å²) in [7, 11) is 3.92. The number of carbonyl (C=O) groups excluding carboxylic acids is 1. The van der Waals surface area contributed by atoms with E-state index in [0.717, 1.165) is 16.7 Å². The number of para-hydroxylation sites is 2. The summed E-state index contributed by atoms with van der Waals surface area (Å²) >= 11 is 0. The summed E-state index contributed by atoms with van der Waals surface area (Å²) in [6.07, 6.45) is 1.81. The zero-order chi connectivity index (χ0) is 16.2. The summed E-state index contributed by atoms with van der Waals surface area (Å²) in [4.78, 5) is 18.6. The first-order valence-corrected chi connectivity index (χ1v) is 7.60. The molecule has 0 saturated carbocycles. The Morgan fingerprint density at radius 1 is 1.17 bits per heavy atom. The average Bonchev–Trinajstić information content (AvgIpc) is 2.98. The van der Waals surface area contributed by atoms with Crippen LogP contribution in [-0.2, 0) is 6.54 Å². The van der Waals surface area contributed by atoms with Crippen LogP contribution in [0, 0.1) is 0 Å². The van der Waals surface area contributed by atoms with E-state index < -0.39 is 0 Å². The molecule has 1 heterocycles.